The molecule has 2 aromatic carbocycles. The minimum Gasteiger partial charge on any atom is -0.508 e. The van der Waals surface area contributed by atoms with E-state index in [4.69, 9.17) is 16.1 Å². The van der Waals surface area contributed by atoms with Gasteiger partial charge >= 0.3 is 6.01 Å². The molecule has 56 heavy (non-hydrogen) atoms. The Balaban J connectivity index is 1.11. The van der Waals surface area contributed by atoms with Crippen molar-refractivity contribution < 1.29 is 32.2 Å². The number of amides is 1. The highest BCUT2D eigenvalue weighted by Crippen LogP contribution is 2.43. The Morgan fingerprint density at radius 1 is 1.09 bits per heavy atom. The van der Waals surface area contributed by atoms with Crippen molar-refractivity contribution in [3.05, 3.63) is 82.0 Å². The van der Waals surface area contributed by atoms with Crippen LogP contribution in [0.25, 0.3) is 39.0 Å². The third-order valence-electron chi connectivity index (χ3n) is 11.6. The van der Waals surface area contributed by atoms with Crippen LogP contribution < -0.4 is 9.64 Å². The van der Waals surface area contributed by atoms with Gasteiger partial charge < -0.3 is 19.6 Å². The number of carbonyl (C=O) groups excluding carboxylic acids is 1. The number of aromatic nitrogens is 4. The second-order valence-corrected chi connectivity index (χ2v) is 15.8. The molecule has 1 amide bonds. The fourth-order valence-corrected chi connectivity index (χ4v) is 9.34. The first-order valence-electron chi connectivity index (χ1n) is 18.4. The Kier molecular flexibility index (Phi) is 9.08. The summed E-state index contributed by atoms with van der Waals surface area (Å²) in [4.78, 5) is 37.0. The van der Waals surface area contributed by atoms with Crippen molar-refractivity contribution in [2.75, 3.05) is 37.7 Å². The Labute approximate surface area is 327 Å². The predicted molar refractivity (Wildman–Crippen MR) is 205 cm³/mol. The second kappa shape index (κ2) is 14.0. The van der Waals surface area contributed by atoms with Gasteiger partial charge in [-0.15, -0.1) is 6.42 Å². The zero-order valence-electron chi connectivity index (χ0n) is 29.9. The van der Waals surface area contributed by atoms with Gasteiger partial charge in [0.2, 0.25) is 0 Å². The summed E-state index contributed by atoms with van der Waals surface area (Å²) in [5.41, 5.74) is -0.665. The number of terminal acetylenes is 1. The third-order valence-corrected chi connectivity index (χ3v) is 12.0. The largest absolute Gasteiger partial charge is 0.508 e. The maximum Gasteiger partial charge on any atom is 0.319 e. The molecule has 0 aliphatic carbocycles. The Bertz CT molecular complexity index is 2480. The minimum absolute atomic E-state index is 0.0634. The molecule has 0 radical (unpaired) electrons. The van der Waals surface area contributed by atoms with Crippen LogP contribution in [-0.2, 0) is 4.79 Å². The van der Waals surface area contributed by atoms with Gasteiger partial charge in [-0.1, -0.05) is 12.0 Å². The number of phenols is 1. The number of nitrogens with zero attached hydrogens (tertiary/aromatic N) is 7. The van der Waals surface area contributed by atoms with Crippen LogP contribution in [0.3, 0.4) is 0 Å². The van der Waals surface area contributed by atoms with E-state index < -0.39 is 35.1 Å². The number of anilines is 1. The molecule has 4 atom stereocenters. The van der Waals surface area contributed by atoms with Crippen LogP contribution in [0.1, 0.15) is 43.4 Å². The van der Waals surface area contributed by atoms with E-state index in [0.717, 1.165) is 29.9 Å². The smallest absolute Gasteiger partial charge is 0.319 e. The van der Waals surface area contributed by atoms with Crippen molar-refractivity contribution in [1.29, 1.82) is 0 Å². The van der Waals surface area contributed by atoms with Crippen molar-refractivity contribution >= 4 is 55.4 Å². The maximum atomic E-state index is 17.1. The second-order valence-electron chi connectivity index (χ2n) is 14.9. The first-order valence-corrected chi connectivity index (χ1v) is 19.2. The summed E-state index contributed by atoms with van der Waals surface area (Å²) in [6.45, 7) is 1.66. The van der Waals surface area contributed by atoms with Crippen molar-refractivity contribution in [1.82, 2.24) is 29.7 Å². The number of benzene rings is 2. The molecule has 286 valence electrons. The van der Waals surface area contributed by atoms with E-state index in [-0.39, 0.29) is 76.7 Å². The molecule has 1 N–H and O–H groups in total. The Morgan fingerprint density at radius 2 is 1.89 bits per heavy atom. The molecule has 2 unspecified atom stereocenters. The monoisotopic (exact) mass is 827 g/mol. The van der Waals surface area contributed by atoms with E-state index in [9.17, 15) is 18.7 Å². The SMILES string of the molecule is C#Cc1c(F)ccc2cc(O)cc(-c3ncc4c(N5CC6CCC(C5)N6C(=O)/C(F)=C/c5ccc(Br)cn5)nc(OC[C@@]56CCCN5C[C@H](F)C6)nc4c3F)c12. The number of piperazine rings is 1. The molecule has 3 aromatic heterocycles. The molecule has 9 rings (SSSR count). The molecular formula is C41H34BrF4N7O3. The molecule has 15 heteroatoms. The van der Waals surface area contributed by atoms with Gasteiger partial charge in [0.05, 0.1) is 34.3 Å². The van der Waals surface area contributed by atoms with Gasteiger partial charge in [0.25, 0.3) is 5.91 Å². The Morgan fingerprint density at radius 3 is 2.64 bits per heavy atom. The van der Waals surface area contributed by atoms with Crippen molar-refractivity contribution in [2.45, 2.75) is 55.9 Å². The van der Waals surface area contributed by atoms with Crippen LogP contribution in [0.5, 0.6) is 11.8 Å². The predicted octanol–water partition coefficient (Wildman–Crippen LogP) is 7.11. The van der Waals surface area contributed by atoms with Gasteiger partial charge in [0, 0.05) is 59.9 Å². The number of aromatic hydroxyl groups is 1. The van der Waals surface area contributed by atoms with Crippen LogP contribution in [0.15, 0.2) is 59.1 Å². The fraction of sp³-hybridized carbons (Fsp3) is 0.341. The summed E-state index contributed by atoms with van der Waals surface area (Å²) >= 11 is 3.30. The van der Waals surface area contributed by atoms with Crippen molar-refractivity contribution in [3.63, 3.8) is 0 Å². The molecule has 4 aliphatic rings. The number of pyridine rings is 2. The quantitative estimate of drug-likeness (QED) is 0.104. The van der Waals surface area contributed by atoms with Crippen LogP contribution in [0.2, 0.25) is 0 Å². The minimum atomic E-state index is -0.992. The number of rotatable bonds is 7. The summed E-state index contributed by atoms with van der Waals surface area (Å²) in [5, 5.41) is 11.4. The maximum absolute atomic E-state index is 17.1. The highest BCUT2D eigenvalue weighted by Gasteiger charge is 2.50. The molecule has 0 saturated carbocycles. The number of fused-ring (bicyclic) bond motifs is 5. The van der Waals surface area contributed by atoms with Gasteiger partial charge in [-0.25, -0.2) is 17.6 Å². The summed E-state index contributed by atoms with van der Waals surface area (Å²) in [6, 6.07) is 7.70. The lowest BCUT2D eigenvalue weighted by atomic mass is 9.95. The molecule has 5 aromatic rings. The average Bonchev–Trinajstić information content (AvgIpc) is 3.80. The molecule has 2 bridgehead atoms. The molecule has 10 nitrogen and oxygen atoms in total. The topological polar surface area (TPSA) is 108 Å². The molecule has 0 spiro atoms. The number of ether oxygens (including phenoxy) is 1. The zero-order valence-corrected chi connectivity index (χ0v) is 31.4. The summed E-state index contributed by atoms with van der Waals surface area (Å²) in [6.07, 6.45) is 11.9. The van der Waals surface area contributed by atoms with E-state index in [1.165, 1.54) is 36.7 Å². The molecular weight excluding hydrogens is 794 g/mol. The Hall–Kier alpha value is -5.33. The highest BCUT2D eigenvalue weighted by molar-refractivity contribution is 9.10. The first-order chi connectivity index (χ1) is 27.0. The summed E-state index contributed by atoms with van der Waals surface area (Å²) in [5.74, 6) is -0.799. The van der Waals surface area contributed by atoms with E-state index in [1.54, 1.807) is 17.0 Å². The van der Waals surface area contributed by atoms with Gasteiger partial charge in [-0.05, 0) is 83.9 Å². The van der Waals surface area contributed by atoms with Gasteiger partial charge in [0.15, 0.2) is 11.6 Å². The highest BCUT2D eigenvalue weighted by atomic mass is 79.9. The van der Waals surface area contributed by atoms with Crippen LogP contribution in [-0.4, -0.2) is 97.3 Å². The molecule has 4 aliphatic heterocycles. The summed E-state index contributed by atoms with van der Waals surface area (Å²) < 4.78 is 69.1. The van der Waals surface area contributed by atoms with E-state index >= 15 is 8.78 Å². The number of hydrogen-bond donors (Lipinski definition) is 1. The van der Waals surface area contributed by atoms with E-state index in [1.807, 2.05) is 4.90 Å². The fourth-order valence-electron chi connectivity index (χ4n) is 9.11. The van der Waals surface area contributed by atoms with Crippen LogP contribution in [0.4, 0.5) is 23.4 Å². The molecule has 7 heterocycles. The van der Waals surface area contributed by atoms with Crippen molar-refractivity contribution in [2.24, 2.45) is 0 Å². The number of carbonyl (C=O) groups is 1. The van der Waals surface area contributed by atoms with E-state index in [2.05, 4.69) is 41.7 Å². The lowest BCUT2D eigenvalue weighted by Crippen LogP contribution is -2.56. The van der Waals surface area contributed by atoms with Gasteiger partial charge in [-0.3, -0.25) is 19.7 Å². The zero-order chi connectivity index (χ0) is 38.9. The summed E-state index contributed by atoms with van der Waals surface area (Å²) in [7, 11) is 0. The standard InChI is InChI=1S/C41H34BrF4N7O3/c1-2-29-32(44)9-4-22-12-28(54)14-30(34(22)29)36-35(46)37-31(17-48-36)38(50-40(49-37)56-21-41-10-3-11-52(41)18-24(43)15-41)51-19-26-7-8-27(20-51)53(26)39(55)33(45)13-25-6-5-23(42)16-47-25/h1,4-6,9,12-14,16-17,24,26-27,54H,3,7-8,10-11,15,18-21H2/b33-13-/t24-,26?,27?,41+/m1/s1. The molecule has 4 saturated heterocycles. The number of alkyl halides is 1. The lowest BCUT2D eigenvalue weighted by molar-refractivity contribution is -0.131. The first kappa shape index (κ1) is 36.3. The molecule has 4 fully saturated rings. The van der Waals surface area contributed by atoms with Crippen molar-refractivity contribution in [3.8, 4) is 35.4 Å². The average molecular weight is 829 g/mol. The number of hydrogen-bond acceptors (Lipinski definition) is 9. The van der Waals surface area contributed by atoms with Crippen LogP contribution in [0, 0.1) is 24.0 Å². The third kappa shape index (κ3) is 6.19. The number of phenolic OH excluding ortho intramolecular Hbond substituents is 1. The van der Waals surface area contributed by atoms with Gasteiger partial charge in [0.1, 0.15) is 41.4 Å². The van der Waals surface area contributed by atoms with E-state index in [0.29, 0.717) is 42.7 Å². The van der Waals surface area contributed by atoms with Crippen LogP contribution >= 0.6 is 15.9 Å². The number of halogens is 5. The normalized spacial score (nSPS) is 23.6. The van der Waals surface area contributed by atoms with Gasteiger partial charge in [-0.2, -0.15) is 9.97 Å². The lowest BCUT2D eigenvalue weighted by Gasteiger charge is -2.41.